The van der Waals surface area contributed by atoms with Gasteiger partial charge < -0.3 is 16.0 Å². The Morgan fingerprint density at radius 3 is 2.20 bits per heavy atom. The van der Waals surface area contributed by atoms with Gasteiger partial charge in [-0.25, -0.2) is 4.98 Å². The largest absolute Gasteiger partial charge is 0.321 e. The quantitative estimate of drug-likeness (QED) is 0.0903. The summed E-state index contributed by atoms with van der Waals surface area (Å²) in [5.74, 6) is -1.11. The zero-order chi connectivity index (χ0) is 34.0. The number of anilines is 2. The molecule has 0 bridgehead atoms. The molecule has 0 aliphatic rings. The van der Waals surface area contributed by atoms with E-state index in [1.54, 1.807) is 67.0 Å². The number of rotatable bonds is 11. The average molecular weight is 747 g/mol. The third kappa shape index (κ3) is 9.17. The number of carbonyl (C=O) groups excluding carboxylic acids is 3. The summed E-state index contributed by atoms with van der Waals surface area (Å²) in [6.07, 6.45) is 4.80. The van der Waals surface area contributed by atoms with Crippen molar-refractivity contribution in [2.45, 2.75) is 10.1 Å². The molecular weight excluding hydrogens is 718 g/mol. The van der Waals surface area contributed by atoms with Crippen LogP contribution in [0.2, 0.25) is 0 Å². The Bertz CT molecular complexity index is 2070. The van der Waals surface area contributed by atoms with E-state index in [2.05, 4.69) is 41.8 Å². The summed E-state index contributed by atoms with van der Waals surface area (Å²) in [7, 11) is 0. The van der Waals surface area contributed by atoms with Crippen LogP contribution >= 0.6 is 39.0 Å². The number of aromatic nitrogens is 2. The van der Waals surface area contributed by atoms with Gasteiger partial charge in [-0.15, -0.1) is 23.1 Å². The van der Waals surface area contributed by atoms with Gasteiger partial charge in [0.15, 0.2) is 5.13 Å². The number of thioether (sulfide) groups is 1. The van der Waals surface area contributed by atoms with E-state index in [0.29, 0.717) is 21.9 Å². The van der Waals surface area contributed by atoms with Crippen molar-refractivity contribution in [1.82, 2.24) is 15.3 Å². The molecule has 49 heavy (non-hydrogen) atoms. The van der Waals surface area contributed by atoms with Gasteiger partial charge in [0.1, 0.15) is 10.9 Å². The molecular formula is C38H28BrN5O3S2. The van der Waals surface area contributed by atoms with E-state index >= 15 is 0 Å². The molecule has 11 heteroatoms. The molecule has 3 N–H and O–H groups in total. The van der Waals surface area contributed by atoms with Gasteiger partial charge in [-0.2, -0.15) is 0 Å². The van der Waals surface area contributed by atoms with Crippen LogP contribution in [0.25, 0.3) is 17.3 Å². The Morgan fingerprint density at radius 1 is 0.796 bits per heavy atom. The summed E-state index contributed by atoms with van der Waals surface area (Å²) in [5, 5.41) is 10.5. The number of hydrogen-bond acceptors (Lipinski definition) is 7. The van der Waals surface area contributed by atoms with Crippen LogP contribution in [0.3, 0.4) is 0 Å². The lowest BCUT2D eigenvalue weighted by Crippen LogP contribution is -2.30. The number of halogens is 1. The van der Waals surface area contributed by atoms with Gasteiger partial charge in [0, 0.05) is 44.0 Å². The van der Waals surface area contributed by atoms with Crippen LogP contribution in [0, 0.1) is 0 Å². The Hall–Kier alpha value is -5.36. The molecule has 0 aliphatic carbocycles. The van der Waals surface area contributed by atoms with Crippen molar-refractivity contribution in [3.05, 3.63) is 166 Å². The first-order chi connectivity index (χ1) is 23.9. The van der Waals surface area contributed by atoms with Crippen molar-refractivity contribution in [1.29, 1.82) is 0 Å². The summed E-state index contributed by atoms with van der Waals surface area (Å²) < 4.78 is 0.980. The predicted molar refractivity (Wildman–Crippen MR) is 200 cm³/mol. The highest BCUT2D eigenvalue weighted by molar-refractivity contribution is 9.10. The van der Waals surface area contributed by atoms with Crippen molar-refractivity contribution < 1.29 is 14.4 Å². The van der Waals surface area contributed by atoms with Crippen molar-refractivity contribution in [3.63, 3.8) is 0 Å². The number of carbonyl (C=O) groups is 3. The van der Waals surface area contributed by atoms with Gasteiger partial charge in [0.05, 0.1) is 5.69 Å². The van der Waals surface area contributed by atoms with Gasteiger partial charge >= 0.3 is 0 Å². The van der Waals surface area contributed by atoms with Crippen molar-refractivity contribution in [2.75, 3.05) is 10.6 Å². The smallest absolute Gasteiger partial charge is 0.272 e. The van der Waals surface area contributed by atoms with Crippen LogP contribution in [0.5, 0.6) is 0 Å². The fourth-order valence-corrected chi connectivity index (χ4v) is 6.69. The van der Waals surface area contributed by atoms with E-state index in [-0.39, 0.29) is 11.6 Å². The molecule has 6 rings (SSSR count). The molecule has 3 amide bonds. The maximum Gasteiger partial charge on any atom is 0.272 e. The zero-order valence-electron chi connectivity index (χ0n) is 25.7. The second kappa shape index (κ2) is 16.2. The summed E-state index contributed by atoms with van der Waals surface area (Å²) in [6.45, 7) is 0. The predicted octanol–water partition coefficient (Wildman–Crippen LogP) is 8.85. The normalized spacial score (nSPS) is 11.7. The molecule has 0 saturated heterocycles. The standard InChI is InChI=1S/C38H28BrN5O3S2/c39-29-15-13-26(14-16-29)33-24-48-38(43-33)44-37(47)34(27-9-3-1-4-10-27)49-31-19-17-30(18-20-31)41-36(46)32(22-25-8-7-21-40-23-25)42-35(45)28-11-5-2-6-12-28/h1-24,34H,(H,41,46)(H,42,45)(H,43,44,47)/b32-22-. The first-order valence-electron chi connectivity index (χ1n) is 15.0. The highest BCUT2D eigenvalue weighted by atomic mass is 79.9. The van der Waals surface area contributed by atoms with Crippen LogP contribution in [0.15, 0.2) is 154 Å². The van der Waals surface area contributed by atoms with E-state index in [1.165, 1.54) is 23.1 Å². The third-order valence-corrected chi connectivity index (χ3v) is 9.66. The van der Waals surface area contributed by atoms with Crippen molar-refractivity contribution in [2.24, 2.45) is 0 Å². The van der Waals surface area contributed by atoms with Crippen LogP contribution in [0.1, 0.15) is 26.7 Å². The molecule has 6 aromatic rings. The maximum atomic E-state index is 13.7. The van der Waals surface area contributed by atoms with Crippen LogP contribution in [-0.2, 0) is 9.59 Å². The number of benzene rings is 4. The summed E-state index contributed by atoms with van der Waals surface area (Å²) in [5.41, 5.74) is 4.24. The molecule has 0 saturated carbocycles. The molecule has 2 aromatic heterocycles. The molecule has 0 radical (unpaired) electrons. The highest BCUT2D eigenvalue weighted by Gasteiger charge is 2.23. The SMILES string of the molecule is O=C(Nc1ccc(SC(C(=O)Nc2nc(-c3ccc(Br)cc3)cs2)c2ccccc2)cc1)/C(=C/c1cccnc1)NC(=O)c1ccccc1. The fourth-order valence-electron chi connectivity index (χ4n) is 4.68. The summed E-state index contributed by atoms with van der Waals surface area (Å²) >= 11 is 6.21. The minimum atomic E-state index is -0.566. The molecule has 2 heterocycles. The average Bonchev–Trinajstić information content (AvgIpc) is 3.60. The molecule has 1 unspecified atom stereocenters. The minimum Gasteiger partial charge on any atom is -0.321 e. The van der Waals surface area contributed by atoms with E-state index in [4.69, 9.17) is 0 Å². The molecule has 242 valence electrons. The number of thiazole rings is 1. The maximum absolute atomic E-state index is 13.7. The molecule has 0 spiro atoms. The lowest BCUT2D eigenvalue weighted by Gasteiger charge is -2.17. The number of hydrogen-bond donors (Lipinski definition) is 3. The van der Waals surface area contributed by atoms with Crippen molar-refractivity contribution >= 4 is 73.6 Å². The van der Waals surface area contributed by atoms with Crippen LogP contribution < -0.4 is 16.0 Å². The fraction of sp³-hybridized carbons (Fsp3) is 0.0263. The van der Waals surface area contributed by atoms with Gasteiger partial charge in [0.2, 0.25) is 5.91 Å². The summed E-state index contributed by atoms with van der Waals surface area (Å²) in [4.78, 5) is 49.6. The van der Waals surface area contributed by atoms with E-state index < -0.39 is 17.1 Å². The second-order valence-corrected chi connectivity index (χ2v) is 13.5. The van der Waals surface area contributed by atoms with Gasteiger partial charge in [0.25, 0.3) is 11.8 Å². The van der Waals surface area contributed by atoms with E-state index in [0.717, 1.165) is 26.2 Å². The molecule has 8 nitrogen and oxygen atoms in total. The lowest BCUT2D eigenvalue weighted by atomic mass is 10.1. The number of pyridine rings is 1. The molecule has 0 aliphatic heterocycles. The second-order valence-electron chi connectivity index (χ2n) is 10.6. The molecule has 0 fully saturated rings. The monoisotopic (exact) mass is 745 g/mol. The molecule has 4 aromatic carbocycles. The van der Waals surface area contributed by atoms with Crippen LogP contribution in [0.4, 0.5) is 10.8 Å². The number of nitrogens with one attached hydrogen (secondary N) is 3. The van der Waals surface area contributed by atoms with Gasteiger partial charge in [-0.3, -0.25) is 19.4 Å². The lowest BCUT2D eigenvalue weighted by molar-refractivity contribution is -0.116. The van der Waals surface area contributed by atoms with Crippen molar-refractivity contribution in [3.8, 4) is 11.3 Å². The van der Waals surface area contributed by atoms with Crippen LogP contribution in [-0.4, -0.2) is 27.7 Å². The zero-order valence-corrected chi connectivity index (χ0v) is 29.0. The summed E-state index contributed by atoms with van der Waals surface area (Å²) in [6, 6.07) is 36.8. The van der Waals surface area contributed by atoms with E-state index in [9.17, 15) is 14.4 Å². The topological polar surface area (TPSA) is 113 Å². The first-order valence-corrected chi connectivity index (χ1v) is 17.6. The third-order valence-electron chi connectivity index (χ3n) is 7.11. The molecule has 1 atom stereocenters. The number of nitrogens with zero attached hydrogens (tertiary/aromatic N) is 2. The Morgan fingerprint density at radius 2 is 1.51 bits per heavy atom. The minimum absolute atomic E-state index is 0.0617. The van der Waals surface area contributed by atoms with Gasteiger partial charge in [-0.05, 0) is 71.8 Å². The number of amides is 3. The Balaban J connectivity index is 1.16. The Kier molecular flexibility index (Phi) is 11.1. The highest BCUT2D eigenvalue weighted by Crippen LogP contribution is 2.37. The van der Waals surface area contributed by atoms with Gasteiger partial charge in [-0.1, -0.05) is 82.7 Å². The Labute approximate surface area is 299 Å². The first kappa shape index (κ1) is 33.5. The van der Waals surface area contributed by atoms with E-state index in [1.807, 2.05) is 78.2 Å².